The third kappa shape index (κ3) is 3.00. The molecule has 2 N–H and O–H groups in total. The molecule has 0 aromatic heterocycles. The lowest BCUT2D eigenvalue weighted by atomic mass is 9.90. The Labute approximate surface area is 127 Å². The number of halogens is 2. The molecule has 0 aliphatic carbocycles. The number of hydrogen-bond acceptors (Lipinski definition) is 2. The number of hydrogen-bond donors (Lipinski definition) is 2. The van der Waals surface area contributed by atoms with E-state index in [0.717, 1.165) is 17.8 Å². The van der Waals surface area contributed by atoms with Crippen molar-refractivity contribution in [3.63, 3.8) is 0 Å². The molecule has 1 atom stereocenters. The van der Waals surface area contributed by atoms with Crippen LogP contribution in [0.4, 0.5) is 15.8 Å². The van der Waals surface area contributed by atoms with E-state index in [1.807, 2.05) is 24.3 Å². The zero-order valence-electron chi connectivity index (χ0n) is 11.2. The van der Waals surface area contributed by atoms with Crippen LogP contribution in [0.5, 0.6) is 0 Å². The fourth-order valence-electron chi connectivity index (χ4n) is 2.60. The first-order valence-electron chi connectivity index (χ1n) is 6.73. The zero-order chi connectivity index (χ0) is 14.8. The van der Waals surface area contributed by atoms with E-state index in [1.54, 1.807) is 0 Å². The van der Waals surface area contributed by atoms with E-state index >= 15 is 0 Å². The minimum Gasteiger partial charge on any atom is -0.385 e. The monoisotopic (exact) mass is 304 g/mol. The molecule has 0 fully saturated rings. The fourth-order valence-corrected chi connectivity index (χ4v) is 2.82. The molecule has 0 radical (unpaired) electrons. The summed E-state index contributed by atoms with van der Waals surface area (Å²) in [5, 5.41) is 6.27. The number of amides is 1. The van der Waals surface area contributed by atoms with E-state index in [9.17, 15) is 9.18 Å². The van der Waals surface area contributed by atoms with Crippen molar-refractivity contribution in [2.45, 2.75) is 12.3 Å². The second kappa shape index (κ2) is 5.74. The first-order chi connectivity index (χ1) is 10.1. The molecule has 3 nitrogen and oxygen atoms in total. The predicted octanol–water partition coefficient (Wildman–Crippen LogP) is 4.02. The van der Waals surface area contributed by atoms with Gasteiger partial charge in [-0.2, -0.15) is 0 Å². The lowest BCUT2D eigenvalue weighted by Gasteiger charge is -2.25. The number of carbonyl (C=O) groups is 1. The molecule has 2 aromatic carbocycles. The summed E-state index contributed by atoms with van der Waals surface area (Å²) in [5.74, 6) is -0.862. The summed E-state index contributed by atoms with van der Waals surface area (Å²) in [6.07, 6.45) is 0.700. The van der Waals surface area contributed by atoms with Crippen molar-refractivity contribution in [3.05, 3.63) is 58.9 Å². The van der Waals surface area contributed by atoms with E-state index in [4.69, 9.17) is 11.6 Å². The van der Waals surface area contributed by atoms with Gasteiger partial charge < -0.3 is 10.6 Å². The molecule has 0 spiro atoms. The van der Waals surface area contributed by atoms with E-state index in [0.29, 0.717) is 12.1 Å². The minimum atomic E-state index is -0.469. The number of nitrogens with one attached hydrogen (secondary N) is 2. The van der Waals surface area contributed by atoms with Crippen LogP contribution in [0.25, 0.3) is 0 Å². The van der Waals surface area contributed by atoms with Crippen LogP contribution in [0.1, 0.15) is 17.9 Å². The van der Waals surface area contributed by atoms with Crippen LogP contribution in [0, 0.1) is 5.82 Å². The third-order valence-electron chi connectivity index (χ3n) is 3.53. The van der Waals surface area contributed by atoms with Crippen molar-refractivity contribution in [1.82, 2.24) is 0 Å². The number of benzene rings is 2. The number of fused-ring (bicyclic) bond motifs is 1. The summed E-state index contributed by atoms with van der Waals surface area (Å²) in [6.45, 7) is 0.735. The van der Waals surface area contributed by atoms with E-state index < -0.39 is 5.82 Å². The van der Waals surface area contributed by atoms with Crippen molar-refractivity contribution in [1.29, 1.82) is 0 Å². The van der Waals surface area contributed by atoms with Gasteiger partial charge in [0, 0.05) is 22.9 Å². The smallest absolute Gasteiger partial charge is 0.232 e. The normalized spacial score (nSPS) is 16.8. The van der Waals surface area contributed by atoms with Gasteiger partial charge in [0.25, 0.3) is 0 Å². The largest absolute Gasteiger partial charge is 0.385 e. The second-order valence-electron chi connectivity index (χ2n) is 5.00. The summed E-state index contributed by atoms with van der Waals surface area (Å²) in [5.41, 5.74) is 2.31. The Morgan fingerprint density at radius 1 is 1.29 bits per heavy atom. The molecular weight excluding hydrogens is 291 g/mol. The van der Waals surface area contributed by atoms with Crippen LogP contribution in [-0.4, -0.2) is 12.5 Å². The van der Waals surface area contributed by atoms with Gasteiger partial charge in [-0.15, -0.1) is 0 Å². The maximum atomic E-state index is 13.3. The highest BCUT2D eigenvalue weighted by Crippen LogP contribution is 2.32. The molecular formula is C16H14ClFN2O. The Kier molecular flexibility index (Phi) is 3.80. The Bertz CT molecular complexity index is 669. The Morgan fingerprint density at radius 2 is 2.10 bits per heavy atom. The molecule has 0 bridgehead atoms. The molecule has 1 amide bonds. The molecule has 0 saturated carbocycles. The average molecular weight is 305 g/mol. The first-order valence-corrected chi connectivity index (χ1v) is 7.11. The standard InChI is InChI=1S/C16H14ClFN2O/c17-10-7-11(18)9-12(8-10)20-16(21)14-5-6-19-15-4-2-1-3-13(14)15/h1-4,7-9,14,19H,5-6H2,(H,20,21). The Balaban J connectivity index is 1.83. The lowest BCUT2D eigenvalue weighted by molar-refractivity contribution is -0.117. The quantitative estimate of drug-likeness (QED) is 0.880. The molecule has 21 heavy (non-hydrogen) atoms. The minimum absolute atomic E-state index is 0.148. The topological polar surface area (TPSA) is 41.1 Å². The van der Waals surface area contributed by atoms with E-state index in [1.165, 1.54) is 18.2 Å². The van der Waals surface area contributed by atoms with E-state index in [2.05, 4.69) is 10.6 Å². The summed E-state index contributed by atoms with van der Waals surface area (Å²) < 4.78 is 13.3. The molecule has 1 aliphatic heterocycles. The summed E-state index contributed by atoms with van der Waals surface area (Å²) in [6, 6.07) is 11.7. The Hall–Kier alpha value is -2.07. The highest BCUT2D eigenvalue weighted by Gasteiger charge is 2.26. The van der Waals surface area contributed by atoms with Gasteiger partial charge in [0.2, 0.25) is 5.91 Å². The third-order valence-corrected chi connectivity index (χ3v) is 3.75. The first kappa shape index (κ1) is 13.9. The highest BCUT2D eigenvalue weighted by atomic mass is 35.5. The summed E-state index contributed by atoms with van der Waals surface area (Å²) in [4.78, 5) is 12.4. The van der Waals surface area contributed by atoms with Crippen LogP contribution < -0.4 is 10.6 Å². The molecule has 1 heterocycles. The van der Waals surface area contributed by atoms with Crippen molar-refractivity contribution in [3.8, 4) is 0 Å². The van der Waals surface area contributed by atoms with Crippen LogP contribution in [0.15, 0.2) is 42.5 Å². The zero-order valence-corrected chi connectivity index (χ0v) is 12.0. The fraction of sp³-hybridized carbons (Fsp3) is 0.188. The molecule has 108 valence electrons. The predicted molar refractivity (Wildman–Crippen MR) is 82.3 cm³/mol. The van der Waals surface area contributed by atoms with Crippen LogP contribution in [0.3, 0.4) is 0 Å². The second-order valence-corrected chi connectivity index (χ2v) is 5.44. The lowest BCUT2D eigenvalue weighted by Crippen LogP contribution is -2.27. The van der Waals surface area contributed by atoms with E-state index in [-0.39, 0.29) is 16.8 Å². The maximum absolute atomic E-state index is 13.3. The van der Waals surface area contributed by atoms with Crippen LogP contribution >= 0.6 is 11.6 Å². The molecule has 2 aromatic rings. The van der Waals surface area contributed by atoms with Gasteiger partial charge in [0.05, 0.1) is 5.92 Å². The molecule has 0 saturated heterocycles. The van der Waals surface area contributed by atoms with Gasteiger partial charge in [-0.25, -0.2) is 4.39 Å². The van der Waals surface area contributed by atoms with Gasteiger partial charge >= 0.3 is 0 Å². The number of carbonyl (C=O) groups excluding carboxylic acids is 1. The van der Waals surface area contributed by atoms with Crippen molar-refractivity contribution in [2.24, 2.45) is 0 Å². The summed E-state index contributed by atoms with van der Waals surface area (Å²) >= 11 is 5.80. The molecule has 1 aliphatic rings. The van der Waals surface area contributed by atoms with Crippen molar-refractivity contribution in [2.75, 3.05) is 17.2 Å². The average Bonchev–Trinajstić information content (AvgIpc) is 2.45. The van der Waals surface area contributed by atoms with Gasteiger partial charge in [0.15, 0.2) is 0 Å². The number of para-hydroxylation sites is 1. The summed E-state index contributed by atoms with van der Waals surface area (Å²) in [7, 11) is 0. The van der Waals surface area contributed by atoms with Gasteiger partial charge in [0.1, 0.15) is 5.82 Å². The molecule has 5 heteroatoms. The van der Waals surface area contributed by atoms with Crippen LogP contribution in [-0.2, 0) is 4.79 Å². The van der Waals surface area contributed by atoms with Gasteiger partial charge in [-0.3, -0.25) is 4.79 Å². The van der Waals surface area contributed by atoms with Gasteiger partial charge in [-0.1, -0.05) is 29.8 Å². The van der Waals surface area contributed by atoms with Crippen molar-refractivity contribution >= 4 is 28.9 Å². The molecule has 1 unspecified atom stereocenters. The molecule has 3 rings (SSSR count). The maximum Gasteiger partial charge on any atom is 0.232 e. The van der Waals surface area contributed by atoms with Crippen LogP contribution in [0.2, 0.25) is 5.02 Å². The highest BCUT2D eigenvalue weighted by molar-refractivity contribution is 6.30. The van der Waals surface area contributed by atoms with Gasteiger partial charge in [-0.05, 0) is 36.2 Å². The number of rotatable bonds is 2. The SMILES string of the molecule is O=C(Nc1cc(F)cc(Cl)c1)C1CCNc2ccccc21. The number of anilines is 2. The Morgan fingerprint density at radius 3 is 2.90 bits per heavy atom. The van der Waals surface area contributed by atoms with Crippen molar-refractivity contribution < 1.29 is 9.18 Å².